The highest BCUT2D eigenvalue weighted by Gasteiger charge is 2.16. The maximum absolute atomic E-state index is 12.3. The van der Waals surface area contributed by atoms with E-state index >= 15 is 0 Å². The number of amides is 1. The van der Waals surface area contributed by atoms with E-state index in [0.717, 1.165) is 16.9 Å². The van der Waals surface area contributed by atoms with Gasteiger partial charge in [-0.25, -0.2) is 14.6 Å². The van der Waals surface area contributed by atoms with Crippen molar-refractivity contribution in [3.63, 3.8) is 0 Å². The summed E-state index contributed by atoms with van der Waals surface area (Å²) in [6, 6.07) is 9.54. The fraction of sp³-hybridized carbons (Fsp3) is 0.400. The normalized spacial score (nSPS) is 12.2. The zero-order valence-electron chi connectivity index (χ0n) is 17.0. The van der Waals surface area contributed by atoms with Crippen molar-refractivity contribution in [1.82, 2.24) is 25.1 Å². The molecule has 0 saturated carbocycles. The van der Waals surface area contributed by atoms with Gasteiger partial charge in [-0.05, 0) is 39.2 Å². The summed E-state index contributed by atoms with van der Waals surface area (Å²) in [5.74, 6) is 1.26. The van der Waals surface area contributed by atoms with Gasteiger partial charge in [-0.2, -0.15) is 5.10 Å². The Kier molecular flexibility index (Phi) is 6.92. The van der Waals surface area contributed by atoms with Crippen LogP contribution in [0, 0.1) is 0 Å². The highest BCUT2D eigenvalue weighted by Crippen LogP contribution is 2.23. The summed E-state index contributed by atoms with van der Waals surface area (Å²) >= 11 is 1.48. The van der Waals surface area contributed by atoms with Gasteiger partial charge in [0.05, 0.1) is 18.1 Å². The molecule has 0 aliphatic heterocycles. The van der Waals surface area contributed by atoms with Crippen LogP contribution in [-0.4, -0.2) is 50.6 Å². The molecule has 0 spiro atoms. The first-order chi connectivity index (χ1) is 14.0. The van der Waals surface area contributed by atoms with Crippen molar-refractivity contribution >= 4 is 34.5 Å². The number of nitrogens with zero attached hydrogens (tertiary/aromatic N) is 4. The molecular formula is C20H26N6O2S. The van der Waals surface area contributed by atoms with Gasteiger partial charge in [-0.15, -0.1) is 0 Å². The second-order valence-corrected chi connectivity index (χ2v) is 7.60. The van der Waals surface area contributed by atoms with E-state index in [1.54, 1.807) is 17.8 Å². The van der Waals surface area contributed by atoms with Gasteiger partial charge in [0.15, 0.2) is 16.9 Å². The third kappa shape index (κ3) is 5.38. The fourth-order valence-electron chi connectivity index (χ4n) is 2.76. The number of carbonyl (C=O) groups excluding carboxylic acids is 1. The zero-order chi connectivity index (χ0) is 20.8. The second kappa shape index (κ2) is 9.60. The van der Waals surface area contributed by atoms with E-state index in [-0.39, 0.29) is 11.9 Å². The minimum atomic E-state index is -0.584. The van der Waals surface area contributed by atoms with Gasteiger partial charge in [-0.1, -0.05) is 30.0 Å². The van der Waals surface area contributed by atoms with E-state index in [1.807, 2.05) is 36.6 Å². The molecule has 0 aliphatic carbocycles. The molecule has 0 bridgehead atoms. The number of fused-ring (bicyclic) bond motifs is 1. The average molecular weight is 415 g/mol. The summed E-state index contributed by atoms with van der Waals surface area (Å²) in [7, 11) is 0. The summed E-state index contributed by atoms with van der Waals surface area (Å²) in [6.45, 7) is 6.77. The molecule has 2 heterocycles. The van der Waals surface area contributed by atoms with Gasteiger partial charge in [0, 0.05) is 12.6 Å². The first kappa shape index (κ1) is 20.9. The van der Waals surface area contributed by atoms with Gasteiger partial charge < -0.3 is 15.4 Å². The maximum atomic E-state index is 12.3. The Morgan fingerprint density at radius 2 is 1.97 bits per heavy atom. The number of ether oxygens (including phenoxy) is 1. The lowest BCUT2D eigenvalue weighted by atomic mass is 10.3. The molecule has 0 aliphatic rings. The molecule has 1 amide bonds. The van der Waals surface area contributed by atoms with Crippen LogP contribution in [0.15, 0.2) is 41.7 Å². The largest absolute Gasteiger partial charge is 0.481 e. The number of thioether (sulfide) groups is 1. The van der Waals surface area contributed by atoms with Crippen LogP contribution < -0.4 is 15.4 Å². The number of aromatic nitrogens is 4. The van der Waals surface area contributed by atoms with Crippen molar-refractivity contribution in [3.05, 3.63) is 36.5 Å². The van der Waals surface area contributed by atoms with E-state index in [0.29, 0.717) is 24.0 Å². The van der Waals surface area contributed by atoms with Crippen LogP contribution in [0.1, 0.15) is 20.8 Å². The summed E-state index contributed by atoms with van der Waals surface area (Å²) in [5.41, 5.74) is 0.746. The molecule has 154 valence electrons. The van der Waals surface area contributed by atoms with Crippen molar-refractivity contribution < 1.29 is 9.53 Å². The molecular weight excluding hydrogens is 388 g/mol. The van der Waals surface area contributed by atoms with Crippen molar-refractivity contribution in [2.45, 2.75) is 44.6 Å². The topological polar surface area (TPSA) is 94.0 Å². The minimum absolute atomic E-state index is 0.174. The highest BCUT2D eigenvalue weighted by atomic mass is 32.2. The number of rotatable bonds is 9. The minimum Gasteiger partial charge on any atom is -0.481 e. The van der Waals surface area contributed by atoms with Crippen molar-refractivity contribution in [1.29, 1.82) is 0 Å². The summed E-state index contributed by atoms with van der Waals surface area (Å²) in [6.07, 6.45) is 3.11. The molecule has 0 radical (unpaired) electrons. The van der Waals surface area contributed by atoms with Crippen LogP contribution in [-0.2, 0) is 11.3 Å². The standard InChI is InChI=1S/C20H26N6O2S/c1-13(2)23-17-16-12-22-26(18(16)25-20(24-17)29-4)11-10-21-19(27)14(3)28-15-8-6-5-7-9-15/h5-9,12-14H,10-11H2,1-4H3,(H,21,27)(H,23,24,25). The second-order valence-electron chi connectivity index (χ2n) is 6.83. The highest BCUT2D eigenvalue weighted by molar-refractivity contribution is 7.98. The molecule has 1 aromatic carbocycles. The molecule has 29 heavy (non-hydrogen) atoms. The van der Waals surface area contributed by atoms with E-state index in [9.17, 15) is 4.79 Å². The summed E-state index contributed by atoms with van der Waals surface area (Å²) < 4.78 is 7.43. The third-order valence-electron chi connectivity index (χ3n) is 4.13. The number of carbonyl (C=O) groups is 1. The summed E-state index contributed by atoms with van der Waals surface area (Å²) in [4.78, 5) is 21.4. The monoisotopic (exact) mass is 414 g/mol. The number of hydrogen-bond donors (Lipinski definition) is 2. The summed E-state index contributed by atoms with van der Waals surface area (Å²) in [5, 5.41) is 12.2. The van der Waals surface area contributed by atoms with Crippen LogP contribution in [0.5, 0.6) is 5.75 Å². The van der Waals surface area contributed by atoms with E-state index < -0.39 is 6.10 Å². The Balaban J connectivity index is 1.63. The van der Waals surface area contributed by atoms with Crippen molar-refractivity contribution in [2.24, 2.45) is 0 Å². The lowest BCUT2D eigenvalue weighted by Gasteiger charge is -2.15. The average Bonchev–Trinajstić information content (AvgIpc) is 3.11. The number of para-hydroxylation sites is 1. The lowest BCUT2D eigenvalue weighted by molar-refractivity contribution is -0.127. The molecule has 2 N–H and O–H groups in total. The number of nitrogens with one attached hydrogen (secondary N) is 2. The first-order valence-electron chi connectivity index (χ1n) is 9.51. The molecule has 0 fully saturated rings. The Morgan fingerprint density at radius 3 is 2.66 bits per heavy atom. The van der Waals surface area contributed by atoms with Gasteiger partial charge in [0.1, 0.15) is 11.6 Å². The number of benzene rings is 1. The van der Waals surface area contributed by atoms with Crippen LogP contribution in [0.2, 0.25) is 0 Å². The van der Waals surface area contributed by atoms with E-state index in [2.05, 4.69) is 39.5 Å². The third-order valence-corrected chi connectivity index (χ3v) is 4.68. The maximum Gasteiger partial charge on any atom is 0.260 e. The molecule has 3 aromatic rings. The fourth-order valence-corrected chi connectivity index (χ4v) is 3.12. The van der Waals surface area contributed by atoms with Gasteiger partial charge in [-0.3, -0.25) is 4.79 Å². The first-order valence-corrected chi connectivity index (χ1v) is 10.7. The smallest absolute Gasteiger partial charge is 0.260 e. The van der Waals surface area contributed by atoms with E-state index in [1.165, 1.54) is 11.8 Å². The van der Waals surface area contributed by atoms with Crippen LogP contribution in [0.4, 0.5) is 5.82 Å². The number of hydrogen-bond acceptors (Lipinski definition) is 7. The molecule has 0 saturated heterocycles. The molecule has 8 nitrogen and oxygen atoms in total. The predicted molar refractivity (Wildman–Crippen MR) is 115 cm³/mol. The van der Waals surface area contributed by atoms with Gasteiger partial charge in [0.25, 0.3) is 5.91 Å². The van der Waals surface area contributed by atoms with Gasteiger partial charge in [0.2, 0.25) is 0 Å². The van der Waals surface area contributed by atoms with Crippen LogP contribution in [0.3, 0.4) is 0 Å². The quantitative estimate of drug-likeness (QED) is 0.411. The molecule has 9 heteroatoms. The Bertz CT molecular complexity index is 960. The molecule has 3 rings (SSSR count). The molecule has 2 aromatic heterocycles. The van der Waals surface area contributed by atoms with Crippen molar-refractivity contribution in [2.75, 3.05) is 18.1 Å². The van der Waals surface area contributed by atoms with Gasteiger partial charge >= 0.3 is 0 Å². The number of anilines is 1. The Morgan fingerprint density at radius 1 is 1.21 bits per heavy atom. The molecule has 1 unspecified atom stereocenters. The lowest BCUT2D eigenvalue weighted by Crippen LogP contribution is -2.38. The molecule has 1 atom stereocenters. The Hall–Kier alpha value is -2.81. The SMILES string of the molecule is CSc1nc(NC(C)C)c2cnn(CCNC(=O)C(C)Oc3ccccc3)c2n1. The van der Waals surface area contributed by atoms with Crippen LogP contribution >= 0.6 is 11.8 Å². The van der Waals surface area contributed by atoms with Crippen molar-refractivity contribution in [3.8, 4) is 5.75 Å². The predicted octanol–water partition coefficient (Wildman–Crippen LogP) is 2.95. The van der Waals surface area contributed by atoms with Crippen LogP contribution in [0.25, 0.3) is 11.0 Å². The zero-order valence-corrected chi connectivity index (χ0v) is 17.9. The Labute approximate surface area is 174 Å². The van der Waals surface area contributed by atoms with E-state index in [4.69, 9.17) is 4.74 Å².